The average Bonchev–Trinajstić information content (AvgIpc) is 4.09. The summed E-state index contributed by atoms with van der Waals surface area (Å²) >= 11 is 1.72. The molecule has 1 aliphatic carbocycles. The van der Waals surface area contributed by atoms with E-state index in [2.05, 4.69) is 143 Å². The van der Waals surface area contributed by atoms with Gasteiger partial charge in [-0.1, -0.05) is 127 Å². The van der Waals surface area contributed by atoms with Crippen molar-refractivity contribution >= 4 is 81.7 Å². The van der Waals surface area contributed by atoms with Crippen LogP contribution in [-0.2, 0) is 6.42 Å². The smallest absolute Gasteiger partial charge is 0.238 e. The number of benzene rings is 7. The summed E-state index contributed by atoms with van der Waals surface area (Å²) in [4.78, 5) is 21.0. The molecule has 0 atom stereocenters. The van der Waals surface area contributed by atoms with Crippen LogP contribution in [0.25, 0.3) is 104 Å². The molecule has 5 heterocycles. The van der Waals surface area contributed by atoms with Gasteiger partial charge < -0.3 is 8.98 Å². The van der Waals surface area contributed by atoms with Gasteiger partial charge in [-0.05, 0) is 55.3 Å². The normalized spacial score (nSPS) is 13.0. The summed E-state index contributed by atoms with van der Waals surface area (Å²) in [5.41, 5.74) is 11.2. The lowest BCUT2D eigenvalue weighted by Gasteiger charge is -2.15. The van der Waals surface area contributed by atoms with E-state index in [0.717, 1.165) is 101 Å². The van der Waals surface area contributed by atoms with Gasteiger partial charge in [0, 0.05) is 49.3 Å². The minimum Gasteiger partial charge on any atom is -0.456 e. The Labute approximate surface area is 347 Å². The van der Waals surface area contributed by atoms with Gasteiger partial charge in [-0.15, -0.1) is 11.3 Å². The molecule has 0 fully saturated rings. The van der Waals surface area contributed by atoms with Crippen molar-refractivity contribution in [3.8, 4) is 33.6 Å². The van der Waals surface area contributed by atoms with E-state index in [1.807, 2.05) is 36.4 Å². The van der Waals surface area contributed by atoms with Gasteiger partial charge in [-0.2, -0.15) is 9.97 Å². The van der Waals surface area contributed by atoms with E-state index in [0.29, 0.717) is 17.6 Å². The second-order valence-electron chi connectivity index (χ2n) is 15.3. The fraction of sp³-hybridized carbons (Fsp3) is 0.0385. The first-order chi connectivity index (χ1) is 29.7. The Hall–Kier alpha value is -7.68. The SMILES string of the molecule is C1=C(c2nc(-c3ccccc3)nc(-n3c4ccccc4c4ccc5c6ccccc6n(-c6cccc(-c7nc8ccccc8s7)c6)c5c43)n2)c2oc3ccccc3c2CC1. The quantitative estimate of drug-likeness (QED) is 0.174. The molecule has 1 aliphatic rings. The number of nitrogens with zero attached hydrogens (tertiary/aromatic N) is 6. The predicted molar refractivity (Wildman–Crippen MR) is 244 cm³/mol. The third-order valence-electron chi connectivity index (χ3n) is 11.9. The second-order valence-corrected chi connectivity index (χ2v) is 16.3. The van der Waals surface area contributed by atoms with Crippen molar-refractivity contribution in [3.63, 3.8) is 0 Å². The second kappa shape index (κ2) is 12.9. The summed E-state index contributed by atoms with van der Waals surface area (Å²) in [6, 6.07) is 57.4. The van der Waals surface area contributed by atoms with Crippen LogP contribution in [0.15, 0.2) is 174 Å². The molecular weight excluding hydrogens is 757 g/mol. The van der Waals surface area contributed by atoms with Crippen LogP contribution in [0.3, 0.4) is 0 Å². The van der Waals surface area contributed by atoms with Crippen molar-refractivity contribution in [1.82, 2.24) is 29.1 Å². The summed E-state index contributed by atoms with van der Waals surface area (Å²) in [6.07, 6.45) is 3.98. The van der Waals surface area contributed by atoms with Gasteiger partial charge in [0.25, 0.3) is 0 Å². The van der Waals surface area contributed by atoms with Crippen molar-refractivity contribution in [2.24, 2.45) is 0 Å². The highest BCUT2D eigenvalue weighted by atomic mass is 32.1. The topological polar surface area (TPSA) is 74.6 Å². The number of para-hydroxylation sites is 4. The molecule has 0 radical (unpaired) electrons. The maximum atomic E-state index is 6.61. The lowest BCUT2D eigenvalue weighted by Crippen LogP contribution is -2.10. The highest BCUT2D eigenvalue weighted by Crippen LogP contribution is 2.43. The molecule has 282 valence electrons. The summed E-state index contributed by atoms with van der Waals surface area (Å²) in [5.74, 6) is 2.56. The Balaban J connectivity index is 1.12. The molecule has 0 aliphatic heterocycles. The molecular formula is C52H32N6OS. The van der Waals surface area contributed by atoms with Crippen LogP contribution in [0.4, 0.5) is 0 Å². The minimum atomic E-state index is 0.543. The van der Waals surface area contributed by atoms with Crippen LogP contribution in [0, 0.1) is 0 Å². The van der Waals surface area contributed by atoms with Gasteiger partial charge in [0.2, 0.25) is 5.95 Å². The number of fused-ring (bicyclic) bond motifs is 11. The maximum Gasteiger partial charge on any atom is 0.238 e. The molecule has 5 aromatic heterocycles. The average molecular weight is 789 g/mol. The van der Waals surface area contributed by atoms with Crippen LogP contribution >= 0.6 is 11.3 Å². The van der Waals surface area contributed by atoms with Crippen LogP contribution in [0.5, 0.6) is 0 Å². The molecule has 0 spiro atoms. The van der Waals surface area contributed by atoms with Crippen molar-refractivity contribution in [2.75, 3.05) is 0 Å². The van der Waals surface area contributed by atoms with E-state index in [1.165, 1.54) is 15.6 Å². The zero-order valence-corrected chi connectivity index (χ0v) is 32.9. The van der Waals surface area contributed by atoms with E-state index in [4.69, 9.17) is 24.4 Å². The fourth-order valence-electron chi connectivity index (χ4n) is 9.26. The summed E-state index contributed by atoms with van der Waals surface area (Å²) in [6.45, 7) is 0. The van der Waals surface area contributed by atoms with Crippen LogP contribution in [0.2, 0.25) is 0 Å². The molecule has 12 aromatic rings. The number of aromatic nitrogens is 6. The minimum absolute atomic E-state index is 0.543. The zero-order valence-electron chi connectivity index (χ0n) is 32.1. The van der Waals surface area contributed by atoms with Crippen molar-refractivity contribution in [1.29, 1.82) is 0 Å². The molecule has 13 rings (SSSR count). The van der Waals surface area contributed by atoms with E-state index in [-0.39, 0.29) is 0 Å². The van der Waals surface area contributed by atoms with Gasteiger partial charge in [-0.3, -0.25) is 4.57 Å². The number of allylic oxidation sites excluding steroid dienone is 1. The standard InChI is InChI=1S/C52H32N6OS/c1-2-14-31(15-3-1)49-54-50(40-22-13-21-39-36-20-6-10-26-44(36)59-48(39)40)56-52(55-49)58-43-25-9-5-19-35(43)38-29-28-37-34-18-4-8-24-42(34)57(46(37)47(38)58)33-17-12-16-32(30-33)51-53-41-23-7-11-27-45(41)60-51/h1-12,14-20,22-30H,13,21H2. The Morgan fingerprint density at radius 2 is 1.18 bits per heavy atom. The van der Waals surface area contributed by atoms with Crippen LogP contribution < -0.4 is 0 Å². The van der Waals surface area contributed by atoms with Crippen molar-refractivity contribution < 1.29 is 4.42 Å². The number of hydrogen-bond acceptors (Lipinski definition) is 6. The van der Waals surface area contributed by atoms with E-state index < -0.39 is 0 Å². The maximum absolute atomic E-state index is 6.61. The Bertz CT molecular complexity index is 3700. The monoisotopic (exact) mass is 788 g/mol. The van der Waals surface area contributed by atoms with Gasteiger partial charge >= 0.3 is 0 Å². The van der Waals surface area contributed by atoms with E-state index in [1.54, 1.807) is 11.3 Å². The first-order valence-electron chi connectivity index (χ1n) is 20.2. The van der Waals surface area contributed by atoms with Gasteiger partial charge in [0.15, 0.2) is 11.6 Å². The molecule has 0 unspecified atom stereocenters. The number of thiazole rings is 1. The largest absolute Gasteiger partial charge is 0.456 e. The third-order valence-corrected chi connectivity index (χ3v) is 13.0. The number of hydrogen-bond donors (Lipinski definition) is 0. The Kier molecular flexibility index (Phi) is 7.17. The molecule has 0 saturated carbocycles. The molecule has 60 heavy (non-hydrogen) atoms. The predicted octanol–water partition coefficient (Wildman–Crippen LogP) is 13.1. The van der Waals surface area contributed by atoms with Crippen molar-refractivity contribution in [2.45, 2.75) is 12.8 Å². The van der Waals surface area contributed by atoms with Crippen LogP contribution in [0.1, 0.15) is 23.6 Å². The first kappa shape index (κ1) is 33.3. The highest BCUT2D eigenvalue weighted by Gasteiger charge is 2.27. The van der Waals surface area contributed by atoms with Gasteiger partial charge in [0.05, 0.1) is 37.9 Å². The summed E-state index contributed by atoms with van der Waals surface area (Å²) in [7, 11) is 0. The molecule has 8 heteroatoms. The highest BCUT2D eigenvalue weighted by molar-refractivity contribution is 7.21. The zero-order chi connectivity index (χ0) is 39.3. The number of aryl methyl sites for hydroxylation is 1. The van der Waals surface area contributed by atoms with Crippen molar-refractivity contribution in [3.05, 3.63) is 187 Å². The third kappa shape index (κ3) is 4.95. The molecule has 0 bridgehead atoms. The molecule has 0 amide bonds. The van der Waals surface area contributed by atoms with Crippen LogP contribution in [-0.4, -0.2) is 29.1 Å². The molecule has 0 N–H and O–H groups in total. The summed E-state index contributed by atoms with van der Waals surface area (Å²) < 4.78 is 12.4. The molecule has 7 aromatic carbocycles. The number of rotatable bonds is 5. The Morgan fingerprint density at radius 3 is 2.00 bits per heavy atom. The van der Waals surface area contributed by atoms with Gasteiger partial charge in [0.1, 0.15) is 16.4 Å². The van der Waals surface area contributed by atoms with E-state index in [9.17, 15) is 0 Å². The Morgan fingerprint density at radius 1 is 0.517 bits per heavy atom. The van der Waals surface area contributed by atoms with Gasteiger partial charge in [-0.25, -0.2) is 9.97 Å². The molecule has 7 nitrogen and oxygen atoms in total. The lowest BCUT2D eigenvalue weighted by atomic mass is 9.95. The first-order valence-corrected chi connectivity index (χ1v) is 21.0. The lowest BCUT2D eigenvalue weighted by molar-refractivity contribution is 0.589. The van der Waals surface area contributed by atoms with E-state index >= 15 is 0 Å². The summed E-state index contributed by atoms with van der Waals surface area (Å²) in [5, 5.41) is 6.68. The molecule has 0 saturated heterocycles. The fourth-order valence-corrected chi connectivity index (χ4v) is 10.2. The number of furan rings is 1.